The first-order valence-electron chi connectivity index (χ1n) is 5.80. The van der Waals surface area contributed by atoms with Crippen LogP contribution in [0.4, 0.5) is 0 Å². The molecule has 1 atom stereocenters. The lowest BCUT2D eigenvalue weighted by Crippen LogP contribution is -2.26. The van der Waals surface area contributed by atoms with Crippen LogP contribution in [0.3, 0.4) is 0 Å². The minimum Gasteiger partial charge on any atom is -0.492 e. The summed E-state index contributed by atoms with van der Waals surface area (Å²) in [4.78, 5) is 5.69. The first kappa shape index (κ1) is 10.8. The van der Waals surface area contributed by atoms with Crippen molar-refractivity contribution in [3.63, 3.8) is 0 Å². The van der Waals surface area contributed by atoms with E-state index in [4.69, 9.17) is 4.74 Å². The molecule has 0 spiro atoms. The van der Waals surface area contributed by atoms with Crippen molar-refractivity contribution in [1.29, 1.82) is 0 Å². The summed E-state index contributed by atoms with van der Waals surface area (Å²) < 4.78 is 5.79. The lowest BCUT2D eigenvalue weighted by Gasteiger charge is -2.22. The molecule has 2 heterocycles. The molecule has 88 valence electrons. The third kappa shape index (κ3) is 1.75. The van der Waals surface area contributed by atoms with E-state index in [2.05, 4.69) is 37.0 Å². The third-order valence-corrected chi connectivity index (χ3v) is 4.41. The maximum atomic E-state index is 5.79. The number of aryl methyl sites for hydroxylation is 1. The van der Waals surface area contributed by atoms with E-state index >= 15 is 0 Å². The smallest absolute Gasteiger partial charge is 0.123 e. The summed E-state index contributed by atoms with van der Waals surface area (Å²) in [5.74, 6) is 1.04. The van der Waals surface area contributed by atoms with Gasteiger partial charge in [0.15, 0.2) is 0 Å². The van der Waals surface area contributed by atoms with Crippen molar-refractivity contribution in [3.8, 4) is 5.75 Å². The molecule has 1 aliphatic heterocycles. The number of para-hydroxylation sites is 1. The van der Waals surface area contributed by atoms with Crippen molar-refractivity contribution < 1.29 is 4.74 Å². The number of nitrogens with zero attached hydrogens (tertiary/aromatic N) is 1. The second-order valence-corrected chi connectivity index (χ2v) is 5.82. The zero-order valence-electron chi connectivity index (χ0n) is 10.1. The summed E-state index contributed by atoms with van der Waals surface area (Å²) in [6.45, 7) is 5.12. The molecule has 3 rings (SSSR count). The highest BCUT2D eigenvalue weighted by Crippen LogP contribution is 2.41. The van der Waals surface area contributed by atoms with E-state index in [1.807, 2.05) is 11.6 Å². The van der Waals surface area contributed by atoms with E-state index in [1.165, 1.54) is 10.4 Å². The number of thiazole rings is 1. The Labute approximate surface area is 105 Å². The quantitative estimate of drug-likeness (QED) is 0.809. The fourth-order valence-corrected chi connectivity index (χ4v) is 3.37. The fraction of sp³-hybridized carbons (Fsp3) is 0.357. The van der Waals surface area contributed by atoms with Gasteiger partial charge >= 0.3 is 0 Å². The van der Waals surface area contributed by atoms with Crippen molar-refractivity contribution in [2.45, 2.75) is 25.7 Å². The van der Waals surface area contributed by atoms with Crippen LogP contribution in [-0.2, 0) is 11.8 Å². The highest BCUT2D eigenvalue weighted by Gasteiger charge is 2.36. The van der Waals surface area contributed by atoms with Crippen molar-refractivity contribution in [2.75, 3.05) is 6.61 Å². The van der Waals surface area contributed by atoms with Crippen molar-refractivity contribution in [2.24, 2.45) is 0 Å². The van der Waals surface area contributed by atoms with Crippen LogP contribution in [0.2, 0.25) is 0 Å². The molecule has 0 radical (unpaired) electrons. The van der Waals surface area contributed by atoms with Gasteiger partial charge in [-0.05, 0) is 19.4 Å². The summed E-state index contributed by atoms with van der Waals surface area (Å²) in [6, 6.07) is 8.35. The number of benzene rings is 1. The summed E-state index contributed by atoms with van der Waals surface area (Å²) in [5, 5.41) is 0. The zero-order valence-corrected chi connectivity index (χ0v) is 10.9. The van der Waals surface area contributed by atoms with Gasteiger partial charge in [-0.25, -0.2) is 4.98 Å². The predicted octanol–water partition coefficient (Wildman–Crippen LogP) is 3.34. The van der Waals surface area contributed by atoms with Crippen LogP contribution >= 0.6 is 11.3 Å². The Morgan fingerprint density at radius 3 is 3.00 bits per heavy atom. The second-order valence-electron chi connectivity index (χ2n) is 4.88. The van der Waals surface area contributed by atoms with Gasteiger partial charge in [-0.3, -0.25) is 0 Å². The van der Waals surface area contributed by atoms with Gasteiger partial charge in [-0.2, -0.15) is 0 Å². The number of hydrogen-bond acceptors (Lipinski definition) is 3. The molecule has 3 heteroatoms. The lowest BCUT2D eigenvalue weighted by molar-refractivity contribution is 0.277. The molecular formula is C14H15NOS. The van der Waals surface area contributed by atoms with Crippen molar-refractivity contribution >= 4 is 11.3 Å². The summed E-state index contributed by atoms with van der Waals surface area (Å²) in [5.41, 5.74) is 4.50. The number of aromatic nitrogens is 1. The molecule has 1 aromatic carbocycles. The molecule has 0 bridgehead atoms. The van der Waals surface area contributed by atoms with Gasteiger partial charge in [0.25, 0.3) is 0 Å². The van der Waals surface area contributed by atoms with Gasteiger partial charge < -0.3 is 4.74 Å². The minimum absolute atomic E-state index is 0.0912. The number of ether oxygens (including phenoxy) is 1. The van der Waals surface area contributed by atoms with E-state index < -0.39 is 0 Å². The average Bonchev–Trinajstić information content (AvgIpc) is 2.87. The van der Waals surface area contributed by atoms with Gasteiger partial charge in [0.2, 0.25) is 0 Å². The average molecular weight is 245 g/mol. The molecule has 2 nitrogen and oxygen atoms in total. The van der Waals surface area contributed by atoms with Crippen LogP contribution in [0.25, 0.3) is 0 Å². The Hall–Kier alpha value is -1.35. The molecule has 1 aromatic heterocycles. The van der Waals surface area contributed by atoms with Gasteiger partial charge in [0.05, 0.1) is 17.8 Å². The molecule has 1 unspecified atom stereocenters. The van der Waals surface area contributed by atoms with Crippen LogP contribution in [0.5, 0.6) is 5.75 Å². The molecule has 0 saturated carbocycles. The number of rotatable bonds is 2. The van der Waals surface area contributed by atoms with Crippen LogP contribution in [0.15, 0.2) is 29.8 Å². The van der Waals surface area contributed by atoms with E-state index in [0.29, 0.717) is 0 Å². The lowest BCUT2D eigenvalue weighted by atomic mass is 9.81. The monoisotopic (exact) mass is 245 g/mol. The molecule has 0 N–H and O–H groups in total. The topological polar surface area (TPSA) is 22.1 Å². The Bertz CT molecular complexity index is 549. The van der Waals surface area contributed by atoms with Crippen LogP contribution in [0, 0.1) is 6.92 Å². The molecule has 0 fully saturated rings. The van der Waals surface area contributed by atoms with Gasteiger partial charge in [0.1, 0.15) is 5.75 Å². The SMILES string of the molecule is Cc1ncsc1CC1(C)COc2ccccc21. The van der Waals surface area contributed by atoms with E-state index in [-0.39, 0.29) is 5.41 Å². The van der Waals surface area contributed by atoms with Gasteiger partial charge in [-0.15, -0.1) is 11.3 Å². The molecule has 0 aliphatic carbocycles. The van der Waals surface area contributed by atoms with Crippen LogP contribution in [0.1, 0.15) is 23.1 Å². The summed E-state index contributed by atoms with van der Waals surface area (Å²) >= 11 is 1.74. The Balaban J connectivity index is 1.96. The Kier molecular flexibility index (Phi) is 2.44. The highest BCUT2D eigenvalue weighted by atomic mass is 32.1. The van der Waals surface area contributed by atoms with E-state index in [0.717, 1.165) is 24.5 Å². The van der Waals surface area contributed by atoms with Crippen LogP contribution in [-0.4, -0.2) is 11.6 Å². The predicted molar refractivity (Wildman–Crippen MR) is 69.8 cm³/mol. The molecule has 1 aliphatic rings. The molecule has 17 heavy (non-hydrogen) atoms. The minimum atomic E-state index is 0.0912. The third-order valence-electron chi connectivity index (χ3n) is 3.48. The zero-order chi connectivity index (χ0) is 11.9. The van der Waals surface area contributed by atoms with Crippen LogP contribution < -0.4 is 4.74 Å². The van der Waals surface area contributed by atoms with Gasteiger partial charge in [-0.1, -0.05) is 25.1 Å². The Morgan fingerprint density at radius 2 is 2.24 bits per heavy atom. The largest absolute Gasteiger partial charge is 0.492 e. The Morgan fingerprint density at radius 1 is 1.41 bits per heavy atom. The number of hydrogen-bond donors (Lipinski definition) is 0. The molecule has 0 amide bonds. The first-order chi connectivity index (χ1) is 8.19. The van der Waals surface area contributed by atoms with Crippen molar-refractivity contribution in [3.05, 3.63) is 45.9 Å². The highest BCUT2D eigenvalue weighted by molar-refractivity contribution is 7.09. The normalized spacial score (nSPS) is 22.2. The van der Waals surface area contributed by atoms with E-state index in [9.17, 15) is 0 Å². The maximum absolute atomic E-state index is 5.79. The number of fused-ring (bicyclic) bond motifs is 1. The van der Waals surface area contributed by atoms with E-state index in [1.54, 1.807) is 11.3 Å². The maximum Gasteiger partial charge on any atom is 0.123 e. The van der Waals surface area contributed by atoms with Gasteiger partial charge in [0, 0.05) is 15.9 Å². The summed E-state index contributed by atoms with van der Waals surface area (Å²) in [6.07, 6.45) is 1.01. The second kappa shape index (κ2) is 3.84. The standard InChI is InChI=1S/C14H15NOS/c1-10-13(17-9-15-10)7-14(2)8-16-12-6-4-3-5-11(12)14/h3-6,9H,7-8H2,1-2H3. The fourth-order valence-electron chi connectivity index (χ4n) is 2.40. The molecular weight excluding hydrogens is 230 g/mol. The summed E-state index contributed by atoms with van der Waals surface area (Å²) in [7, 11) is 0. The molecule has 2 aromatic rings. The first-order valence-corrected chi connectivity index (χ1v) is 6.68. The molecule has 0 saturated heterocycles. The van der Waals surface area contributed by atoms with Crippen molar-refractivity contribution in [1.82, 2.24) is 4.98 Å².